The van der Waals surface area contributed by atoms with E-state index in [1.165, 1.54) is 12.3 Å². The number of rotatable bonds is 4. The van der Waals surface area contributed by atoms with Crippen molar-refractivity contribution >= 4 is 34.0 Å². The first-order valence-electron chi connectivity index (χ1n) is 5.38. The molecule has 0 saturated heterocycles. The Morgan fingerprint density at radius 2 is 2.40 bits per heavy atom. The van der Waals surface area contributed by atoms with Crippen molar-refractivity contribution in [3.63, 3.8) is 0 Å². The van der Waals surface area contributed by atoms with Gasteiger partial charge in [0.05, 0.1) is 6.21 Å². The minimum Gasteiger partial charge on any atom is -0.507 e. The van der Waals surface area contributed by atoms with Crippen LogP contribution in [0.1, 0.15) is 5.56 Å². The zero-order valence-corrected chi connectivity index (χ0v) is 11.6. The molecular weight excluding hydrogens is 330 g/mol. The number of phenols is 1. The highest BCUT2D eigenvalue weighted by Gasteiger charge is 2.06. The largest absolute Gasteiger partial charge is 0.507 e. The second kappa shape index (κ2) is 6.10. The van der Waals surface area contributed by atoms with Gasteiger partial charge in [-0.2, -0.15) is 5.10 Å². The Morgan fingerprint density at radius 1 is 1.60 bits per heavy atom. The number of nitrogen functional groups attached to an aromatic ring is 1. The number of benzene rings is 1. The maximum atomic E-state index is 11.5. The summed E-state index contributed by atoms with van der Waals surface area (Å²) in [6.07, 6.45) is 1.32. The van der Waals surface area contributed by atoms with E-state index in [0.29, 0.717) is 5.56 Å². The Bertz CT molecular complexity index is 655. The number of nitrogens with two attached hydrogens (primary N) is 1. The molecule has 0 atom stereocenters. The van der Waals surface area contributed by atoms with Gasteiger partial charge in [-0.15, -0.1) is 0 Å². The third-order valence-corrected chi connectivity index (χ3v) is 2.73. The number of aromatic hydroxyl groups is 1. The van der Waals surface area contributed by atoms with Crippen LogP contribution in [0, 0.1) is 0 Å². The molecule has 20 heavy (non-hydrogen) atoms. The predicted octanol–water partition coefficient (Wildman–Crippen LogP) is -0.126. The number of amides is 1. The summed E-state index contributed by atoms with van der Waals surface area (Å²) < 4.78 is 1.91. The average molecular weight is 340 g/mol. The zero-order chi connectivity index (χ0) is 14.5. The summed E-state index contributed by atoms with van der Waals surface area (Å²) in [6, 6.07) is 4.85. The third kappa shape index (κ3) is 3.51. The van der Waals surface area contributed by atoms with Gasteiger partial charge < -0.3 is 10.8 Å². The van der Waals surface area contributed by atoms with Crippen LogP contribution < -0.4 is 11.2 Å². The molecule has 0 bridgehead atoms. The zero-order valence-electron chi connectivity index (χ0n) is 10.1. The number of nitrogens with one attached hydrogen (secondary N) is 1. The van der Waals surface area contributed by atoms with Crippen molar-refractivity contribution in [2.24, 2.45) is 5.10 Å². The summed E-state index contributed by atoms with van der Waals surface area (Å²) in [5.74, 6) is -0.362. The lowest BCUT2D eigenvalue weighted by Crippen LogP contribution is -2.24. The van der Waals surface area contributed by atoms with Gasteiger partial charge in [0.15, 0.2) is 0 Å². The molecule has 2 rings (SSSR count). The van der Waals surface area contributed by atoms with Gasteiger partial charge in [0.25, 0.3) is 5.91 Å². The lowest BCUT2D eigenvalue weighted by atomic mass is 10.2. The van der Waals surface area contributed by atoms with Crippen molar-refractivity contribution in [3.05, 3.63) is 28.2 Å². The van der Waals surface area contributed by atoms with Crippen LogP contribution in [0.4, 0.5) is 5.95 Å². The smallest absolute Gasteiger partial charge is 0.261 e. The molecule has 4 N–H and O–H groups in total. The van der Waals surface area contributed by atoms with Gasteiger partial charge in [-0.1, -0.05) is 21.0 Å². The van der Waals surface area contributed by atoms with Crippen LogP contribution in [0.5, 0.6) is 5.75 Å². The fraction of sp³-hybridized carbons (Fsp3) is 0.100. The van der Waals surface area contributed by atoms with E-state index < -0.39 is 5.91 Å². The van der Waals surface area contributed by atoms with E-state index in [2.05, 4.69) is 42.0 Å². The van der Waals surface area contributed by atoms with Gasteiger partial charge in [0, 0.05) is 10.0 Å². The van der Waals surface area contributed by atoms with Gasteiger partial charge in [0.2, 0.25) is 5.95 Å². The summed E-state index contributed by atoms with van der Waals surface area (Å²) in [4.78, 5) is 11.5. The second-order valence-electron chi connectivity index (χ2n) is 3.69. The first kappa shape index (κ1) is 13.9. The maximum absolute atomic E-state index is 11.5. The molecule has 0 saturated carbocycles. The number of carbonyl (C=O) groups is 1. The summed E-state index contributed by atoms with van der Waals surface area (Å²) in [5.41, 5.74) is 8.15. The maximum Gasteiger partial charge on any atom is 0.261 e. The topological polar surface area (TPSA) is 131 Å². The molecule has 0 spiro atoms. The predicted molar refractivity (Wildman–Crippen MR) is 73.8 cm³/mol. The number of anilines is 1. The first-order chi connectivity index (χ1) is 9.56. The molecule has 104 valence electrons. The molecule has 1 heterocycles. The minimum atomic E-state index is -0.449. The van der Waals surface area contributed by atoms with E-state index >= 15 is 0 Å². The quantitative estimate of drug-likeness (QED) is 0.525. The van der Waals surface area contributed by atoms with Gasteiger partial charge in [-0.3, -0.25) is 4.79 Å². The van der Waals surface area contributed by atoms with Gasteiger partial charge >= 0.3 is 0 Å². The SMILES string of the molecule is Nc1nnnn1CC(=O)N/N=C\c1cc(Br)ccc1O. The number of hydrogen-bond donors (Lipinski definition) is 3. The van der Waals surface area contributed by atoms with E-state index in [4.69, 9.17) is 5.73 Å². The van der Waals surface area contributed by atoms with Crippen LogP contribution in [-0.2, 0) is 11.3 Å². The fourth-order valence-corrected chi connectivity index (χ4v) is 1.68. The number of aromatic nitrogens is 4. The van der Waals surface area contributed by atoms with E-state index in [-0.39, 0.29) is 18.2 Å². The first-order valence-corrected chi connectivity index (χ1v) is 6.17. The van der Waals surface area contributed by atoms with Crippen molar-refractivity contribution in [3.8, 4) is 5.75 Å². The lowest BCUT2D eigenvalue weighted by molar-refractivity contribution is -0.121. The molecule has 1 aromatic carbocycles. The highest BCUT2D eigenvalue weighted by molar-refractivity contribution is 9.10. The molecule has 0 aliphatic heterocycles. The minimum absolute atomic E-state index is 0.0359. The normalized spacial score (nSPS) is 10.8. The van der Waals surface area contributed by atoms with Crippen molar-refractivity contribution in [1.82, 2.24) is 25.6 Å². The Balaban J connectivity index is 1.94. The molecule has 1 amide bonds. The van der Waals surface area contributed by atoms with E-state index in [0.717, 1.165) is 9.15 Å². The Labute approximate surface area is 121 Å². The van der Waals surface area contributed by atoms with Gasteiger partial charge in [0.1, 0.15) is 12.3 Å². The number of hydrazone groups is 1. The second-order valence-corrected chi connectivity index (χ2v) is 4.61. The number of carbonyl (C=O) groups excluding carboxylic acids is 1. The number of phenolic OH excluding ortho intramolecular Hbond substituents is 1. The van der Waals surface area contributed by atoms with Crippen molar-refractivity contribution in [2.45, 2.75) is 6.54 Å². The fourth-order valence-electron chi connectivity index (χ4n) is 1.30. The molecule has 1 aromatic heterocycles. The summed E-state index contributed by atoms with van der Waals surface area (Å²) >= 11 is 3.27. The number of nitrogens with zero attached hydrogens (tertiary/aromatic N) is 5. The molecule has 10 heteroatoms. The van der Waals surface area contributed by atoms with Crippen LogP contribution in [0.2, 0.25) is 0 Å². The van der Waals surface area contributed by atoms with E-state index in [1.54, 1.807) is 12.1 Å². The van der Waals surface area contributed by atoms with E-state index in [9.17, 15) is 9.90 Å². The number of halogens is 1. The lowest BCUT2D eigenvalue weighted by Gasteiger charge is -2.01. The van der Waals surface area contributed by atoms with E-state index in [1.807, 2.05) is 0 Å². The molecule has 0 unspecified atom stereocenters. The van der Waals surface area contributed by atoms with Crippen molar-refractivity contribution in [2.75, 3.05) is 5.73 Å². The Kier molecular flexibility index (Phi) is 4.25. The number of hydrogen-bond acceptors (Lipinski definition) is 7. The summed E-state index contributed by atoms with van der Waals surface area (Å²) in [7, 11) is 0. The van der Waals surface area contributed by atoms with Gasteiger partial charge in [-0.25, -0.2) is 10.1 Å². The highest BCUT2D eigenvalue weighted by Crippen LogP contribution is 2.19. The monoisotopic (exact) mass is 339 g/mol. The Morgan fingerprint density at radius 3 is 3.10 bits per heavy atom. The molecule has 9 nitrogen and oxygen atoms in total. The average Bonchev–Trinajstić information content (AvgIpc) is 2.79. The molecule has 0 aliphatic rings. The summed E-state index contributed by atoms with van der Waals surface area (Å²) in [5, 5.41) is 23.6. The van der Waals surface area contributed by atoms with Crippen LogP contribution in [0.25, 0.3) is 0 Å². The van der Waals surface area contributed by atoms with Crippen molar-refractivity contribution in [1.29, 1.82) is 0 Å². The van der Waals surface area contributed by atoms with Crippen LogP contribution >= 0.6 is 15.9 Å². The molecule has 0 fully saturated rings. The molecule has 2 aromatic rings. The van der Waals surface area contributed by atoms with Crippen LogP contribution in [-0.4, -0.2) is 37.4 Å². The van der Waals surface area contributed by atoms with Crippen molar-refractivity contribution < 1.29 is 9.90 Å². The molecule has 0 aliphatic carbocycles. The third-order valence-electron chi connectivity index (χ3n) is 2.24. The van der Waals surface area contributed by atoms with Crippen LogP contribution in [0.15, 0.2) is 27.8 Å². The summed E-state index contributed by atoms with van der Waals surface area (Å²) in [6.45, 7) is -0.152. The standard InChI is InChI=1S/C10H10BrN7O2/c11-7-1-2-8(19)6(3-7)4-13-14-9(20)5-18-10(12)15-16-17-18/h1-4,19H,5H2,(H,14,20)(H2,12,15,17)/b13-4-. The Hall–Kier alpha value is -2.49. The number of tetrazole rings is 1. The molecule has 0 radical (unpaired) electrons. The molecular formula is C10H10BrN7O2. The van der Waals surface area contributed by atoms with Crippen LogP contribution in [0.3, 0.4) is 0 Å². The van der Waals surface area contributed by atoms with Gasteiger partial charge in [-0.05, 0) is 28.6 Å². The highest BCUT2D eigenvalue weighted by atomic mass is 79.9.